The summed E-state index contributed by atoms with van der Waals surface area (Å²) < 4.78 is 6.09. The van der Waals surface area contributed by atoms with Crippen LogP contribution in [0.1, 0.15) is 71.1 Å². The predicted octanol–water partition coefficient (Wildman–Crippen LogP) is 3.09. The van der Waals surface area contributed by atoms with Gasteiger partial charge in [-0.05, 0) is 91.0 Å². The molecule has 0 aromatic carbocycles. The maximum Gasteiger partial charge on any atom is 0.191 e. The van der Waals surface area contributed by atoms with E-state index in [-0.39, 0.29) is 5.54 Å². The van der Waals surface area contributed by atoms with Gasteiger partial charge < -0.3 is 20.3 Å². The molecular formula is C24H47N5O. The molecule has 0 amide bonds. The van der Waals surface area contributed by atoms with E-state index in [1.165, 1.54) is 84.0 Å². The molecule has 3 rings (SSSR count). The molecule has 1 unspecified atom stereocenters. The molecule has 3 fully saturated rings. The first-order chi connectivity index (χ1) is 14.7. The van der Waals surface area contributed by atoms with Gasteiger partial charge >= 0.3 is 0 Å². The zero-order valence-electron chi connectivity index (χ0n) is 19.9. The van der Waals surface area contributed by atoms with Crippen LogP contribution in [0.4, 0.5) is 0 Å². The Labute approximate surface area is 185 Å². The average molecular weight is 422 g/mol. The number of aliphatic imine (C=N–C) groups is 1. The minimum atomic E-state index is 0.280. The maximum absolute atomic E-state index is 6.09. The highest BCUT2D eigenvalue weighted by Crippen LogP contribution is 2.31. The van der Waals surface area contributed by atoms with Gasteiger partial charge in [-0.25, -0.2) is 0 Å². The molecule has 0 radical (unpaired) electrons. The number of nitrogens with one attached hydrogen (secondary N) is 2. The lowest BCUT2D eigenvalue weighted by Crippen LogP contribution is -2.62. The highest BCUT2D eigenvalue weighted by molar-refractivity contribution is 5.79. The van der Waals surface area contributed by atoms with Gasteiger partial charge in [0.05, 0.1) is 6.10 Å². The summed E-state index contributed by atoms with van der Waals surface area (Å²) in [5, 5.41) is 7.29. The third-order valence-corrected chi connectivity index (χ3v) is 7.78. The Morgan fingerprint density at radius 1 is 1.03 bits per heavy atom. The van der Waals surface area contributed by atoms with Crippen LogP contribution in [0.25, 0.3) is 0 Å². The van der Waals surface area contributed by atoms with Crippen molar-refractivity contribution in [3.8, 4) is 0 Å². The minimum Gasteiger partial charge on any atom is -0.378 e. The molecule has 0 aromatic heterocycles. The van der Waals surface area contributed by atoms with Crippen LogP contribution in [0, 0.1) is 5.92 Å². The van der Waals surface area contributed by atoms with E-state index in [9.17, 15) is 0 Å². The van der Waals surface area contributed by atoms with Crippen molar-refractivity contribution in [3.05, 3.63) is 0 Å². The van der Waals surface area contributed by atoms with Gasteiger partial charge in [0.15, 0.2) is 5.96 Å². The topological polar surface area (TPSA) is 52.1 Å². The molecule has 2 N–H and O–H groups in total. The molecule has 0 bridgehead atoms. The van der Waals surface area contributed by atoms with Gasteiger partial charge in [0.25, 0.3) is 0 Å². The first-order valence-corrected chi connectivity index (χ1v) is 12.7. The third kappa shape index (κ3) is 6.57. The van der Waals surface area contributed by atoms with E-state index in [1.54, 1.807) is 0 Å². The minimum absolute atomic E-state index is 0.280. The van der Waals surface area contributed by atoms with Gasteiger partial charge in [0.1, 0.15) is 0 Å². The molecule has 0 spiro atoms. The van der Waals surface area contributed by atoms with E-state index >= 15 is 0 Å². The van der Waals surface area contributed by atoms with Gasteiger partial charge in [-0.15, -0.1) is 0 Å². The second-order valence-electron chi connectivity index (χ2n) is 9.75. The van der Waals surface area contributed by atoms with Crippen LogP contribution in [-0.4, -0.2) is 87.4 Å². The molecule has 2 aliphatic heterocycles. The van der Waals surface area contributed by atoms with E-state index in [0.717, 1.165) is 38.0 Å². The Balaban J connectivity index is 1.49. The van der Waals surface area contributed by atoms with Crippen LogP contribution in [0.2, 0.25) is 0 Å². The molecule has 1 atom stereocenters. The Morgan fingerprint density at radius 3 is 2.37 bits per heavy atom. The predicted molar refractivity (Wildman–Crippen MR) is 126 cm³/mol. The first-order valence-electron chi connectivity index (χ1n) is 12.7. The van der Waals surface area contributed by atoms with Gasteiger partial charge in [-0.1, -0.05) is 19.3 Å². The first kappa shape index (κ1) is 23.8. The van der Waals surface area contributed by atoms with Crippen molar-refractivity contribution < 1.29 is 4.74 Å². The monoisotopic (exact) mass is 421 g/mol. The summed E-state index contributed by atoms with van der Waals surface area (Å²) in [6, 6.07) is 0. The highest BCUT2D eigenvalue weighted by atomic mass is 16.5. The molecule has 6 heteroatoms. The molecule has 1 saturated carbocycles. The van der Waals surface area contributed by atoms with Crippen LogP contribution < -0.4 is 10.6 Å². The molecule has 0 aromatic rings. The molecule has 6 nitrogen and oxygen atoms in total. The highest BCUT2D eigenvalue weighted by Gasteiger charge is 2.39. The number of likely N-dealkylation sites (tertiary alicyclic amines) is 2. The van der Waals surface area contributed by atoms with Crippen molar-refractivity contribution in [2.45, 2.75) is 82.8 Å². The van der Waals surface area contributed by atoms with Gasteiger partial charge in [0, 0.05) is 32.3 Å². The van der Waals surface area contributed by atoms with Gasteiger partial charge in [-0.2, -0.15) is 0 Å². The Morgan fingerprint density at radius 2 is 1.73 bits per heavy atom. The summed E-state index contributed by atoms with van der Waals surface area (Å²) in [7, 11) is 4.15. The maximum atomic E-state index is 6.09. The van der Waals surface area contributed by atoms with E-state index < -0.39 is 0 Å². The number of rotatable bonds is 9. The van der Waals surface area contributed by atoms with Gasteiger partial charge in [-0.3, -0.25) is 9.89 Å². The fourth-order valence-electron chi connectivity index (χ4n) is 5.81. The fourth-order valence-corrected chi connectivity index (χ4v) is 5.81. The lowest BCUT2D eigenvalue weighted by molar-refractivity contribution is 0.0159. The molecule has 1 aliphatic carbocycles. The number of hydrogen-bond donors (Lipinski definition) is 2. The van der Waals surface area contributed by atoms with Crippen molar-refractivity contribution in [1.29, 1.82) is 0 Å². The molecule has 2 heterocycles. The van der Waals surface area contributed by atoms with Crippen molar-refractivity contribution in [2.75, 3.05) is 60.0 Å². The van der Waals surface area contributed by atoms with Crippen molar-refractivity contribution in [1.82, 2.24) is 20.4 Å². The van der Waals surface area contributed by atoms with Crippen LogP contribution in [-0.2, 0) is 4.74 Å². The Bertz CT molecular complexity index is 506. The Kier molecular flexibility index (Phi) is 9.72. The molecule has 30 heavy (non-hydrogen) atoms. The summed E-state index contributed by atoms with van der Waals surface area (Å²) in [6.07, 6.45) is 13.5. The molecule has 3 aliphatic rings. The lowest BCUT2D eigenvalue weighted by Gasteiger charge is -2.50. The van der Waals surface area contributed by atoms with Crippen LogP contribution in [0.5, 0.6) is 0 Å². The standard InChI is InChI=1S/C24H47N5O/c1-4-30-22(21-10-6-7-11-21)12-15-26-23(25-2)27-20-24(13-18-28(3)19-14-24)29-16-8-5-9-17-29/h21-22H,4-20H2,1-3H3,(H2,25,26,27). The van der Waals surface area contributed by atoms with E-state index in [2.05, 4.69) is 39.4 Å². The zero-order chi connectivity index (χ0) is 21.2. The molecule has 174 valence electrons. The van der Waals surface area contributed by atoms with Crippen molar-refractivity contribution >= 4 is 5.96 Å². The fraction of sp³-hybridized carbons (Fsp3) is 0.958. The third-order valence-electron chi connectivity index (χ3n) is 7.78. The number of piperidine rings is 2. The molecular weight excluding hydrogens is 374 g/mol. The summed E-state index contributed by atoms with van der Waals surface area (Å²) in [5.74, 6) is 1.70. The number of nitrogens with zero attached hydrogens (tertiary/aromatic N) is 3. The van der Waals surface area contributed by atoms with Crippen LogP contribution in [0.3, 0.4) is 0 Å². The second kappa shape index (κ2) is 12.3. The Hall–Kier alpha value is -0.850. The average Bonchev–Trinajstić information content (AvgIpc) is 3.32. The van der Waals surface area contributed by atoms with Crippen molar-refractivity contribution in [3.63, 3.8) is 0 Å². The summed E-state index contributed by atoms with van der Waals surface area (Å²) in [6.45, 7) is 9.78. The van der Waals surface area contributed by atoms with Gasteiger partial charge in [0.2, 0.25) is 0 Å². The van der Waals surface area contributed by atoms with E-state index in [0.29, 0.717) is 6.10 Å². The SMILES string of the molecule is CCOC(CCNC(=NC)NCC1(N2CCCCC2)CCN(C)CC1)C1CCCC1. The summed E-state index contributed by atoms with van der Waals surface area (Å²) in [4.78, 5) is 9.79. The number of hydrogen-bond acceptors (Lipinski definition) is 4. The van der Waals surface area contributed by atoms with E-state index in [1.807, 2.05) is 7.05 Å². The van der Waals surface area contributed by atoms with E-state index in [4.69, 9.17) is 4.74 Å². The zero-order valence-corrected chi connectivity index (χ0v) is 19.9. The van der Waals surface area contributed by atoms with Crippen molar-refractivity contribution in [2.24, 2.45) is 10.9 Å². The van der Waals surface area contributed by atoms with Crippen LogP contribution in [0.15, 0.2) is 4.99 Å². The quantitative estimate of drug-likeness (QED) is 0.443. The smallest absolute Gasteiger partial charge is 0.191 e. The summed E-state index contributed by atoms with van der Waals surface area (Å²) in [5.41, 5.74) is 0.280. The van der Waals surface area contributed by atoms with Crippen LogP contribution >= 0.6 is 0 Å². The number of ether oxygens (including phenoxy) is 1. The second-order valence-corrected chi connectivity index (χ2v) is 9.75. The summed E-state index contributed by atoms with van der Waals surface area (Å²) >= 11 is 0. The largest absolute Gasteiger partial charge is 0.378 e. The normalized spacial score (nSPS) is 25.4. The number of guanidine groups is 1. The lowest BCUT2D eigenvalue weighted by atomic mass is 9.84. The molecule has 2 saturated heterocycles.